The average molecular weight is 395 g/mol. The molecule has 0 spiro atoms. The van der Waals surface area contributed by atoms with E-state index >= 15 is 0 Å². The number of hydrogen-bond donors (Lipinski definition) is 1. The molecular weight excluding hydrogens is 371 g/mol. The van der Waals surface area contributed by atoms with Crippen molar-refractivity contribution in [1.82, 2.24) is 14.7 Å². The summed E-state index contributed by atoms with van der Waals surface area (Å²) in [5.41, 5.74) is 8.70. The number of rotatable bonds is 3. The van der Waals surface area contributed by atoms with E-state index in [9.17, 15) is 4.79 Å². The smallest absolute Gasteiger partial charge is 0.257 e. The molecule has 0 radical (unpaired) electrons. The second kappa shape index (κ2) is 7.59. The molecule has 7 heteroatoms. The summed E-state index contributed by atoms with van der Waals surface area (Å²) in [6.45, 7) is 3.64. The summed E-state index contributed by atoms with van der Waals surface area (Å²) < 4.78 is 1.82. The molecule has 3 unspecified atom stereocenters. The second-order valence-corrected chi connectivity index (χ2v) is 7.56. The Hall–Kier alpha value is -1.56. The highest BCUT2D eigenvalue weighted by Crippen LogP contribution is 2.37. The van der Waals surface area contributed by atoms with Gasteiger partial charge in [0, 0.05) is 24.2 Å². The fourth-order valence-corrected chi connectivity index (χ4v) is 4.55. The number of benzene rings is 1. The van der Waals surface area contributed by atoms with Crippen molar-refractivity contribution in [2.24, 2.45) is 17.6 Å². The van der Waals surface area contributed by atoms with Gasteiger partial charge in [0.05, 0.1) is 23.1 Å². The van der Waals surface area contributed by atoms with Crippen molar-refractivity contribution >= 4 is 29.9 Å². The average Bonchev–Trinajstić information content (AvgIpc) is 3.29. The van der Waals surface area contributed by atoms with E-state index in [0.29, 0.717) is 22.4 Å². The monoisotopic (exact) mass is 394 g/mol. The maximum atomic E-state index is 13.1. The van der Waals surface area contributed by atoms with E-state index in [1.165, 1.54) is 0 Å². The molecular formula is C19H24Cl2N4O. The summed E-state index contributed by atoms with van der Waals surface area (Å²) in [6, 6.07) is 7.77. The Balaban J connectivity index is 0.00000196. The Morgan fingerprint density at radius 1 is 1.35 bits per heavy atom. The summed E-state index contributed by atoms with van der Waals surface area (Å²) in [5.74, 6) is 1.09. The second-order valence-electron chi connectivity index (χ2n) is 7.13. The van der Waals surface area contributed by atoms with Gasteiger partial charge in [0.1, 0.15) is 0 Å². The summed E-state index contributed by atoms with van der Waals surface area (Å²) >= 11 is 6.10. The number of likely N-dealkylation sites (tertiary alicyclic amines) is 1. The van der Waals surface area contributed by atoms with Gasteiger partial charge in [0.15, 0.2) is 0 Å². The standard InChI is InChI=1S/C19H23ClN4O.ClH/c1-2-18-15(9-22-24(18)14-5-3-4-13(20)8-14)19(25)23-10-12-6-7-17(21)16(12)11-23;/h3-5,8-9,12,16-17H,2,6-7,10-11,21H2,1H3;1H. The third kappa shape index (κ3) is 3.24. The van der Waals surface area contributed by atoms with E-state index in [1.54, 1.807) is 6.20 Å². The van der Waals surface area contributed by atoms with Crippen LogP contribution in [0.25, 0.3) is 5.69 Å². The fraction of sp³-hybridized carbons (Fsp3) is 0.474. The molecule has 1 aromatic heterocycles. The van der Waals surface area contributed by atoms with Gasteiger partial charge in [-0.05, 0) is 49.3 Å². The van der Waals surface area contributed by atoms with Gasteiger partial charge in [-0.25, -0.2) is 4.68 Å². The Morgan fingerprint density at radius 2 is 2.15 bits per heavy atom. The predicted molar refractivity (Wildman–Crippen MR) is 105 cm³/mol. The van der Waals surface area contributed by atoms with Crippen LogP contribution in [0.4, 0.5) is 0 Å². The molecule has 5 nitrogen and oxygen atoms in total. The first kappa shape index (κ1) is 19.2. The predicted octanol–water partition coefficient (Wildman–Crippen LogP) is 3.32. The number of fused-ring (bicyclic) bond motifs is 1. The van der Waals surface area contributed by atoms with Crippen molar-refractivity contribution in [2.45, 2.75) is 32.2 Å². The minimum Gasteiger partial charge on any atom is -0.338 e. The van der Waals surface area contributed by atoms with Crippen LogP contribution < -0.4 is 5.73 Å². The van der Waals surface area contributed by atoms with Crippen LogP contribution >= 0.6 is 24.0 Å². The molecule has 4 rings (SSSR count). The van der Waals surface area contributed by atoms with E-state index in [2.05, 4.69) is 5.10 Å². The molecule has 2 aromatic rings. The molecule has 1 amide bonds. The lowest BCUT2D eigenvalue weighted by Gasteiger charge is -2.19. The zero-order valence-electron chi connectivity index (χ0n) is 14.8. The van der Waals surface area contributed by atoms with Crippen LogP contribution in [0.2, 0.25) is 5.02 Å². The molecule has 1 aliphatic heterocycles. The molecule has 26 heavy (non-hydrogen) atoms. The van der Waals surface area contributed by atoms with Gasteiger partial charge in [-0.15, -0.1) is 12.4 Å². The summed E-state index contributed by atoms with van der Waals surface area (Å²) in [6.07, 6.45) is 4.65. The van der Waals surface area contributed by atoms with Gasteiger partial charge in [-0.1, -0.05) is 24.6 Å². The van der Waals surface area contributed by atoms with E-state index < -0.39 is 0 Å². The maximum absolute atomic E-state index is 13.1. The number of nitrogens with zero attached hydrogens (tertiary/aromatic N) is 3. The molecule has 1 saturated carbocycles. The quantitative estimate of drug-likeness (QED) is 0.867. The Morgan fingerprint density at radius 3 is 2.85 bits per heavy atom. The summed E-state index contributed by atoms with van der Waals surface area (Å²) in [5, 5.41) is 5.12. The van der Waals surface area contributed by atoms with Gasteiger partial charge in [-0.2, -0.15) is 5.10 Å². The molecule has 1 saturated heterocycles. The third-order valence-corrected chi connectivity index (χ3v) is 5.92. The number of carbonyl (C=O) groups excluding carboxylic acids is 1. The molecule has 140 valence electrons. The number of halogens is 2. The summed E-state index contributed by atoms with van der Waals surface area (Å²) in [7, 11) is 0. The molecule has 2 N–H and O–H groups in total. The number of carbonyl (C=O) groups is 1. The maximum Gasteiger partial charge on any atom is 0.257 e. The summed E-state index contributed by atoms with van der Waals surface area (Å²) in [4.78, 5) is 15.0. The van der Waals surface area contributed by atoms with Crippen molar-refractivity contribution in [3.63, 3.8) is 0 Å². The highest BCUT2D eigenvalue weighted by Gasteiger charge is 2.43. The van der Waals surface area contributed by atoms with Gasteiger partial charge >= 0.3 is 0 Å². The number of aromatic nitrogens is 2. The number of hydrogen-bond acceptors (Lipinski definition) is 3. The zero-order valence-corrected chi connectivity index (χ0v) is 16.3. The SMILES string of the molecule is CCc1c(C(=O)N2CC3CCC(N)C3C2)cnn1-c1cccc(Cl)c1.Cl. The number of nitrogens with two attached hydrogens (primary N) is 1. The van der Waals surface area contributed by atoms with Crippen molar-refractivity contribution < 1.29 is 4.79 Å². The largest absolute Gasteiger partial charge is 0.338 e. The minimum atomic E-state index is 0. The van der Waals surface area contributed by atoms with Crippen LogP contribution in [0.3, 0.4) is 0 Å². The Labute approximate surface area is 164 Å². The fourth-order valence-electron chi connectivity index (χ4n) is 4.37. The van der Waals surface area contributed by atoms with Crippen LogP contribution in [0, 0.1) is 11.8 Å². The van der Waals surface area contributed by atoms with Crippen LogP contribution in [0.15, 0.2) is 30.5 Å². The zero-order chi connectivity index (χ0) is 17.6. The molecule has 3 atom stereocenters. The van der Waals surface area contributed by atoms with Crippen LogP contribution in [0.1, 0.15) is 35.8 Å². The third-order valence-electron chi connectivity index (χ3n) is 5.69. The van der Waals surface area contributed by atoms with E-state index in [4.69, 9.17) is 17.3 Å². The molecule has 1 aliphatic carbocycles. The van der Waals surface area contributed by atoms with E-state index in [-0.39, 0.29) is 24.4 Å². The minimum absolute atomic E-state index is 0. The molecule has 0 bridgehead atoms. The Bertz CT molecular complexity index is 807. The van der Waals surface area contributed by atoms with Crippen molar-refractivity contribution in [1.29, 1.82) is 0 Å². The van der Waals surface area contributed by atoms with Crippen LogP contribution in [0.5, 0.6) is 0 Å². The lowest BCUT2D eigenvalue weighted by atomic mass is 9.98. The highest BCUT2D eigenvalue weighted by atomic mass is 35.5. The van der Waals surface area contributed by atoms with Gasteiger partial charge in [-0.3, -0.25) is 4.79 Å². The molecule has 1 aromatic carbocycles. The topological polar surface area (TPSA) is 64.2 Å². The first-order valence-electron chi connectivity index (χ1n) is 8.96. The van der Waals surface area contributed by atoms with Crippen molar-refractivity contribution in [3.8, 4) is 5.69 Å². The van der Waals surface area contributed by atoms with Crippen molar-refractivity contribution in [2.75, 3.05) is 13.1 Å². The van der Waals surface area contributed by atoms with E-state index in [1.807, 2.05) is 40.8 Å². The molecule has 2 fully saturated rings. The van der Waals surface area contributed by atoms with Crippen molar-refractivity contribution in [3.05, 3.63) is 46.7 Å². The molecule has 2 aliphatic rings. The number of amides is 1. The lowest BCUT2D eigenvalue weighted by molar-refractivity contribution is 0.0778. The molecule has 2 heterocycles. The van der Waals surface area contributed by atoms with E-state index in [0.717, 1.165) is 43.7 Å². The Kier molecular flexibility index (Phi) is 5.61. The first-order valence-corrected chi connectivity index (χ1v) is 9.34. The first-order chi connectivity index (χ1) is 12.1. The van der Waals surface area contributed by atoms with Gasteiger partial charge in [0.2, 0.25) is 0 Å². The van der Waals surface area contributed by atoms with Crippen LogP contribution in [-0.4, -0.2) is 39.7 Å². The van der Waals surface area contributed by atoms with Gasteiger partial charge in [0.25, 0.3) is 5.91 Å². The van der Waals surface area contributed by atoms with Gasteiger partial charge < -0.3 is 10.6 Å². The normalized spacial score (nSPS) is 24.4. The lowest BCUT2D eigenvalue weighted by Crippen LogP contribution is -2.33. The highest BCUT2D eigenvalue weighted by molar-refractivity contribution is 6.30. The van der Waals surface area contributed by atoms with Crippen LogP contribution in [-0.2, 0) is 6.42 Å².